The average molecular weight is 243 g/mol. The summed E-state index contributed by atoms with van der Waals surface area (Å²) in [6.45, 7) is 0. The fraction of sp³-hybridized carbons (Fsp3) is 0. The number of hydrogen-bond donors (Lipinski definition) is 0. The van der Waals surface area contributed by atoms with Crippen LogP contribution < -0.4 is 0 Å². The number of halogens is 2. The van der Waals surface area contributed by atoms with E-state index >= 15 is 0 Å². The molecule has 0 aliphatic rings. The summed E-state index contributed by atoms with van der Waals surface area (Å²) >= 11 is 8.05. The van der Waals surface area contributed by atoms with Gasteiger partial charge in [-0.25, -0.2) is 4.98 Å². The minimum atomic E-state index is 0.887. The van der Waals surface area contributed by atoms with Crippen LogP contribution in [0.1, 0.15) is 0 Å². The Hall–Kier alpha value is 0.590. The second-order valence-corrected chi connectivity index (χ2v) is 3.84. The van der Waals surface area contributed by atoms with Crippen LogP contribution in [0.3, 0.4) is 0 Å². The minimum Gasteiger partial charge on any atom is -0.237 e. The third kappa shape index (κ3) is 1.24. The largest absolute Gasteiger partial charge is 0.237 e. The second-order valence-electron chi connectivity index (χ2n) is 0.917. The van der Waals surface area contributed by atoms with E-state index in [1.54, 1.807) is 16.8 Å². The molecule has 0 saturated heterocycles. The molecule has 1 aromatic rings. The van der Waals surface area contributed by atoms with E-state index < -0.39 is 0 Å². The van der Waals surface area contributed by atoms with Crippen LogP contribution in [-0.4, -0.2) is 4.98 Å². The van der Waals surface area contributed by atoms with Gasteiger partial charge in [0, 0.05) is 0 Å². The van der Waals surface area contributed by atoms with Crippen LogP contribution in [0, 0.1) is 0 Å². The van der Waals surface area contributed by atoms with Gasteiger partial charge in [0.25, 0.3) is 0 Å². The summed E-state index contributed by atoms with van der Waals surface area (Å²) < 4.78 is 1.94. The SMILES string of the molecule is Brc1ncsc1Br. The molecule has 7 heavy (non-hydrogen) atoms. The summed E-state index contributed by atoms with van der Waals surface area (Å²) in [5.74, 6) is 0. The third-order valence-corrected chi connectivity index (χ3v) is 3.43. The van der Waals surface area contributed by atoms with Crippen LogP contribution in [0.5, 0.6) is 0 Å². The Bertz CT molecular complexity index is 145. The molecule has 0 fully saturated rings. The summed E-state index contributed by atoms with van der Waals surface area (Å²) in [4.78, 5) is 3.90. The van der Waals surface area contributed by atoms with Crippen molar-refractivity contribution in [2.75, 3.05) is 0 Å². The second kappa shape index (κ2) is 2.24. The first-order valence-electron chi connectivity index (χ1n) is 1.55. The molecule has 0 spiro atoms. The zero-order chi connectivity index (χ0) is 5.28. The molecule has 0 unspecified atom stereocenters. The standard InChI is InChI=1S/C3HBr2NS/c4-2-3(5)7-1-6-2/h1H. The van der Waals surface area contributed by atoms with Crippen LogP contribution in [0.15, 0.2) is 13.9 Å². The summed E-state index contributed by atoms with van der Waals surface area (Å²) in [5, 5.41) is 0. The number of thiazole rings is 1. The minimum absolute atomic E-state index is 0.887. The Labute approximate surface area is 62.0 Å². The molecule has 0 radical (unpaired) electrons. The molecule has 0 bridgehead atoms. The highest BCUT2D eigenvalue weighted by molar-refractivity contribution is 9.13. The van der Waals surface area contributed by atoms with Crippen molar-refractivity contribution in [3.05, 3.63) is 13.9 Å². The van der Waals surface area contributed by atoms with Crippen molar-refractivity contribution in [2.24, 2.45) is 0 Å². The smallest absolute Gasteiger partial charge is 0.131 e. The van der Waals surface area contributed by atoms with Crippen molar-refractivity contribution in [2.45, 2.75) is 0 Å². The van der Waals surface area contributed by atoms with Gasteiger partial charge >= 0.3 is 0 Å². The van der Waals surface area contributed by atoms with Gasteiger partial charge in [0.2, 0.25) is 0 Å². The van der Waals surface area contributed by atoms with Crippen molar-refractivity contribution < 1.29 is 0 Å². The predicted molar refractivity (Wildman–Crippen MR) is 37.5 cm³/mol. The van der Waals surface area contributed by atoms with Gasteiger partial charge in [-0.15, -0.1) is 11.3 Å². The lowest BCUT2D eigenvalue weighted by molar-refractivity contribution is 1.35. The van der Waals surface area contributed by atoms with E-state index in [2.05, 4.69) is 36.8 Å². The van der Waals surface area contributed by atoms with Crippen molar-refractivity contribution in [3.63, 3.8) is 0 Å². The van der Waals surface area contributed by atoms with Gasteiger partial charge in [0.1, 0.15) is 8.39 Å². The van der Waals surface area contributed by atoms with Crippen molar-refractivity contribution >= 4 is 43.2 Å². The predicted octanol–water partition coefficient (Wildman–Crippen LogP) is 2.67. The molecule has 0 atom stereocenters. The lowest BCUT2D eigenvalue weighted by atomic mass is 11.0. The van der Waals surface area contributed by atoms with Crippen LogP contribution in [0.25, 0.3) is 0 Å². The van der Waals surface area contributed by atoms with Gasteiger partial charge in [-0.2, -0.15) is 0 Å². The first-order chi connectivity index (χ1) is 3.30. The van der Waals surface area contributed by atoms with E-state index in [1.165, 1.54) is 0 Å². The molecule has 1 aromatic heterocycles. The van der Waals surface area contributed by atoms with E-state index in [-0.39, 0.29) is 0 Å². The maximum atomic E-state index is 3.90. The molecular weight excluding hydrogens is 242 g/mol. The lowest BCUT2D eigenvalue weighted by Crippen LogP contribution is -1.54. The monoisotopic (exact) mass is 241 g/mol. The van der Waals surface area contributed by atoms with Crippen LogP contribution >= 0.6 is 43.2 Å². The van der Waals surface area contributed by atoms with Crippen molar-refractivity contribution in [1.29, 1.82) is 0 Å². The fourth-order valence-electron chi connectivity index (χ4n) is 0.218. The molecule has 0 aliphatic carbocycles. The van der Waals surface area contributed by atoms with Gasteiger partial charge in [-0.3, -0.25) is 0 Å². The molecule has 0 aliphatic heterocycles. The van der Waals surface area contributed by atoms with E-state index in [1.807, 2.05) is 0 Å². The molecule has 0 N–H and O–H groups in total. The molecule has 0 saturated carbocycles. The van der Waals surface area contributed by atoms with E-state index in [0.717, 1.165) is 8.39 Å². The van der Waals surface area contributed by atoms with E-state index in [9.17, 15) is 0 Å². The normalized spacial score (nSPS) is 9.43. The first-order valence-corrected chi connectivity index (χ1v) is 4.02. The molecule has 0 amide bonds. The number of aromatic nitrogens is 1. The molecule has 4 heteroatoms. The van der Waals surface area contributed by atoms with Gasteiger partial charge in [-0.1, -0.05) is 0 Å². The molecule has 38 valence electrons. The van der Waals surface area contributed by atoms with Crippen LogP contribution in [0.2, 0.25) is 0 Å². The quantitative estimate of drug-likeness (QED) is 0.682. The molecule has 0 aromatic carbocycles. The Balaban J connectivity index is 3.12. The van der Waals surface area contributed by atoms with E-state index in [0.29, 0.717) is 0 Å². The maximum Gasteiger partial charge on any atom is 0.131 e. The zero-order valence-corrected chi connectivity index (χ0v) is 7.18. The Kier molecular flexibility index (Phi) is 1.83. The topological polar surface area (TPSA) is 12.9 Å². The summed E-state index contributed by atoms with van der Waals surface area (Å²) in [5.41, 5.74) is 1.77. The molecule has 1 heterocycles. The summed E-state index contributed by atoms with van der Waals surface area (Å²) in [6.07, 6.45) is 0. The van der Waals surface area contributed by atoms with Gasteiger partial charge in [-0.05, 0) is 31.9 Å². The lowest BCUT2D eigenvalue weighted by Gasteiger charge is -1.72. The number of hydrogen-bond acceptors (Lipinski definition) is 2. The Morgan fingerprint density at radius 1 is 1.57 bits per heavy atom. The molecule has 1 nitrogen and oxygen atoms in total. The highest BCUT2D eigenvalue weighted by Crippen LogP contribution is 2.24. The van der Waals surface area contributed by atoms with E-state index in [4.69, 9.17) is 0 Å². The summed E-state index contributed by atoms with van der Waals surface area (Å²) in [6, 6.07) is 0. The third-order valence-electron chi connectivity index (χ3n) is 0.484. The Morgan fingerprint density at radius 3 is 2.43 bits per heavy atom. The zero-order valence-electron chi connectivity index (χ0n) is 3.19. The van der Waals surface area contributed by atoms with Crippen molar-refractivity contribution in [3.8, 4) is 0 Å². The van der Waals surface area contributed by atoms with Crippen LogP contribution in [0.4, 0.5) is 0 Å². The van der Waals surface area contributed by atoms with Gasteiger partial charge in [0.15, 0.2) is 0 Å². The number of nitrogens with zero attached hydrogens (tertiary/aromatic N) is 1. The highest BCUT2D eigenvalue weighted by atomic mass is 79.9. The average Bonchev–Trinajstić information content (AvgIpc) is 1.91. The first kappa shape index (κ1) is 5.72. The highest BCUT2D eigenvalue weighted by Gasteiger charge is 1.93. The van der Waals surface area contributed by atoms with Crippen LogP contribution in [-0.2, 0) is 0 Å². The maximum absolute atomic E-state index is 3.90. The summed E-state index contributed by atoms with van der Waals surface area (Å²) in [7, 11) is 0. The molecular formula is C3HBr2NS. The Morgan fingerprint density at radius 2 is 2.29 bits per heavy atom. The molecule has 1 rings (SSSR count). The fourth-order valence-corrected chi connectivity index (χ4v) is 1.49. The number of rotatable bonds is 0. The van der Waals surface area contributed by atoms with Crippen molar-refractivity contribution in [1.82, 2.24) is 4.98 Å². The van der Waals surface area contributed by atoms with Gasteiger partial charge < -0.3 is 0 Å². The van der Waals surface area contributed by atoms with Gasteiger partial charge in [0.05, 0.1) is 5.51 Å².